The Labute approximate surface area is 106 Å². The predicted molar refractivity (Wildman–Crippen MR) is 71.1 cm³/mol. The Morgan fingerprint density at radius 2 is 1.76 bits per heavy atom. The number of β-amino-alcohol motifs (C(OH)–C–C–N with tert-alkyl or cyclic N) is 1. The molecule has 2 unspecified atom stereocenters. The van der Waals surface area contributed by atoms with Crippen LogP contribution in [0, 0.1) is 5.92 Å². The first-order chi connectivity index (χ1) is 8.35. The van der Waals surface area contributed by atoms with Crippen molar-refractivity contribution < 1.29 is 5.11 Å². The molecule has 1 aliphatic heterocycles. The topological polar surface area (TPSA) is 26.7 Å². The molecule has 100 valence electrons. The van der Waals surface area contributed by atoms with Gasteiger partial charge in [-0.15, -0.1) is 0 Å². The average Bonchev–Trinajstić information content (AvgIpc) is 2.40. The van der Waals surface area contributed by atoms with Crippen LogP contribution < -0.4 is 0 Å². The zero-order chi connectivity index (χ0) is 12.1. The van der Waals surface area contributed by atoms with Crippen LogP contribution in [0.2, 0.25) is 0 Å². The lowest BCUT2D eigenvalue weighted by Gasteiger charge is -2.44. The van der Waals surface area contributed by atoms with E-state index in [-0.39, 0.29) is 0 Å². The minimum atomic E-state index is 0.307. The van der Waals surface area contributed by atoms with Gasteiger partial charge >= 0.3 is 0 Å². The van der Waals surface area contributed by atoms with Crippen LogP contribution in [0.25, 0.3) is 0 Å². The molecule has 1 aliphatic carbocycles. The van der Waals surface area contributed by atoms with Gasteiger partial charge in [-0.05, 0) is 18.8 Å². The van der Waals surface area contributed by atoms with Gasteiger partial charge in [0.2, 0.25) is 0 Å². The smallest absolute Gasteiger partial charge is 0.0558 e. The van der Waals surface area contributed by atoms with Crippen LogP contribution in [0.5, 0.6) is 0 Å². The highest BCUT2D eigenvalue weighted by Gasteiger charge is 2.30. The second-order valence-electron chi connectivity index (χ2n) is 5.62. The van der Waals surface area contributed by atoms with Crippen LogP contribution in [0.15, 0.2) is 0 Å². The lowest BCUT2D eigenvalue weighted by atomic mass is 9.81. The number of piperazine rings is 1. The summed E-state index contributed by atoms with van der Waals surface area (Å²) < 4.78 is 0. The molecule has 2 fully saturated rings. The van der Waals surface area contributed by atoms with E-state index < -0.39 is 0 Å². The Bertz CT molecular complexity index is 214. The zero-order valence-corrected chi connectivity index (χ0v) is 11.3. The lowest BCUT2D eigenvalue weighted by molar-refractivity contribution is 0.0428. The fourth-order valence-corrected chi connectivity index (χ4v) is 3.61. The molecule has 17 heavy (non-hydrogen) atoms. The molecule has 3 nitrogen and oxygen atoms in total. The van der Waals surface area contributed by atoms with Crippen molar-refractivity contribution in [1.82, 2.24) is 9.80 Å². The SMILES string of the molecule is CCC1CCCCC1N1CCN(CCO)CC1. The van der Waals surface area contributed by atoms with Crippen molar-refractivity contribution in [3.8, 4) is 0 Å². The van der Waals surface area contributed by atoms with Crippen molar-refractivity contribution in [2.24, 2.45) is 5.92 Å². The number of aliphatic hydroxyl groups is 1. The number of hydrogen-bond donors (Lipinski definition) is 1. The molecule has 1 saturated heterocycles. The average molecular weight is 240 g/mol. The summed E-state index contributed by atoms with van der Waals surface area (Å²) in [5.74, 6) is 0.938. The highest BCUT2D eigenvalue weighted by molar-refractivity contribution is 4.85. The third kappa shape index (κ3) is 3.43. The molecule has 0 aromatic carbocycles. The Morgan fingerprint density at radius 3 is 2.41 bits per heavy atom. The molecule has 0 radical (unpaired) electrons. The first-order valence-electron chi connectivity index (χ1n) is 7.42. The number of hydrogen-bond acceptors (Lipinski definition) is 3. The second kappa shape index (κ2) is 6.72. The van der Waals surface area contributed by atoms with E-state index in [9.17, 15) is 0 Å². The fraction of sp³-hybridized carbons (Fsp3) is 1.00. The van der Waals surface area contributed by atoms with E-state index in [0.717, 1.165) is 31.6 Å². The summed E-state index contributed by atoms with van der Waals surface area (Å²) in [6.07, 6.45) is 7.08. The molecular weight excluding hydrogens is 212 g/mol. The minimum Gasteiger partial charge on any atom is -0.395 e. The highest BCUT2D eigenvalue weighted by atomic mass is 16.3. The number of rotatable bonds is 4. The van der Waals surface area contributed by atoms with Crippen molar-refractivity contribution in [2.45, 2.75) is 45.1 Å². The van der Waals surface area contributed by atoms with E-state index in [1.165, 1.54) is 45.2 Å². The van der Waals surface area contributed by atoms with E-state index in [4.69, 9.17) is 5.11 Å². The summed E-state index contributed by atoms with van der Waals surface area (Å²) in [6, 6.07) is 0.852. The van der Waals surface area contributed by atoms with Gasteiger partial charge in [0.25, 0.3) is 0 Å². The van der Waals surface area contributed by atoms with Crippen molar-refractivity contribution in [2.75, 3.05) is 39.3 Å². The zero-order valence-electron chi connectivity index (χ0n) is 11.3. The van der Waals surface area contributed by atoms with E-state index >= 15 is 0 Å². The first kappa shape index (κ1) is 13.3. The van der Waals surface area contributed by atoms with Gasteiger partial charge < -0.3 is 5.11 Å². The minimum absolute atomic E-state index is 0.307. The van der Waals surface area contributed by atoms with Gasteiger partial charge in [0, 0.05) is 38.8 Å². The van der Waals surface area contributed by atoms with Crippen LogP contribution in [0.1, 0.15) is 39.0 Å². The van der Waals surface area contributed by atoms with Crippen molar-refractivity contribution in [3.05, 3.63) is 0 Å². The molecule has 1 N–H and O–H groups in total. The standard InChI is InChI=1S/C14H28N2O/c1-2-13-5-3-4-6-14(13)16-9-7-15(8-10-16)11-12-17/h13-14,17H,2-12H2,1H3. The van der Waals surface area contributed by atoms with E-state index in [1.807, 2.05) is 0 Å². The molecule has 0 aromatic heterocycles. The maximum absolute atomic E-state index is 8.96. The molecule has 1 heterocycles. The summed E-state index contributed by atoms with van der Waals surface area (Å²) in [7, 11) is 0. The van der Waals surface area contributed by atoms with Gasteiger partial charge in [-0.25, -0.2) is 0 Å². The van der Waals surface area contributed by atoms with E-state index in [0.29, 0.717) is 6.61 Å². The van der Waals surface area contributed by atoms with Crippen LogP contribution in [-0.4, -0.2) is 60.3 Å². The molecule has 3 heteroatoms. The number of nitrogens with zero attached hydrogens (tertiary/aromatic N) is 2. The van der Waals surface area contributed by atoms with Gasteiger partial charge in [-0.1, -0.05) is 26.2 Å². The van der Waals surface area contributed by atoms with Gasteiger partial charge in [0.1, 0.15) is 0 Å². The lowest BCUT2D eigenvalue weighted by Crippen LogP contribution is -2.53. The summed E-state index contributed by atoms with van der Waals surface area (Å²) >= 11 is 0. The fourth-order valence-electron chi connectivity index (χ4n) is 3.61. The van der Waals surface area contributed by atoms with E-state index in [2.05, 4.69) is 16.7 Å². The molecule has 0 amide bonds. The summed E-state index contributed by atoms with van der Waals surface area (Å²) in [5, 5.41) is 8.96. The summed E-state index contributed by atoms with van der Waals surface area (Å²) in [6.45, 7) is 8.23. The Kier molecular flexibility index (Phi) is 5.26. The van der Waals surface area contributed by atoms with Crippen molar-refractivity contribution >= 4 is 0 Å². The molecule has 0 aromatic rings. The maximum atomic E-state index is 8.96. The normalized spacial score (nSPS) is 32.8. The molecule has 2 rings (SSSR count). The number of aliphatic hydroxyl groups excluding tert-OH is 1. The van der Waals surface area contributed by atoms with Gasteiger partial charge in [0.15, 0.2) is 0 Å². The Hall–Kier alpha value is -0.120. The quantitative estimate of drug-likeness (QED) is 0.808. The monoisotopic (exact) mass is 240 g/mol. The van der Waals surface area contributed by atoms with Crippen LogP contribution in [-0.2, 0) is 0 Å². The Balaban J connectivity index is 1.82. The van der Waals surface area contributed by atoms with Crippen molar-refractivity contribution in [3.63, 3.8) is 0 Å². The molecule has 0 spiro atoms. The third-order valence-corrected chi connectivity index (χ3v) is 4.69. The second-order valence-corrected chi connectivity index (χ2v) is 5.62. The molecule has 2 aliphatic rings. The molecule has 0 bridgehead atoms. The van der Waals surface area contributed by atoms with Gasteiger partial charge in [-0.2, -0.15) is 0 Å². The van der Waals surface area contributed by atoms with Gasteiger partial charge in [0.05, 0.1) is 6.61 Å². The Morgan fingerprint density at radius 1 is 1.06 bits per heavy atom. The van der Waals surface area contributed by atoms with Crippen LogP contribution >= 0.6 is 0 Å². The van der Waals surface area contributed by atoms with Crippen LogP contribution in [0.4, 0.5) is 0 Å². The molecule has 2 atom stereocenters. The molecule has 1 saturated carbocycles. The van der Waals surface area contributed by atoms with Crippen LogP contribution in [0.3, 0.4) is 0 Å². The van der Waals surface area contributed by atoms with Gasteiger partial charge in [-0.3, -0.25) is 9.80 Å². The first-order valence-corrected chi connectivity index (χ1v) is 7.42. The third-order valence-electron chi connectivity index (χ3n) is 4.69. The summed E-state index contributed by atoms with van der Waals surface area (Å²) in [4.78, 5) is 5.11. The maximum Gasteiger partial charge on any atom is 0.0558 e. The largest absolute Gasteiger partial charge is 0.395 e. The van der Waals surface area contributed by atoms with E-state index in [1.54, 1.807) is 0 Å². The predicted octanol–water partition coefficient (Wildman–Crippen LogP) is 1.57. The summed E-state index contributed by atoms with van der Waals surface area (Å²) in [5.41, 5.74) is 0. The van der Waals surface area contributed by atoms with Crippen molar-refractivity contribution in [1.29, 1.82) is 0 Å². The molecular formula is C14H28N2O. The highest BCUT2D eigenvalue weighted by Crippen LogP contribution is 2.31.